The van der Waals surface area contributed by atoms with Gasteiger partial charge in [0.25, 0.3) is 0 Å². The molecule has 1 aliphatic carbocycles. The zero-order chi connectivity index (χ0) is 15.5. The number of aliphatic hydroxyl groups excluding tert-OH is 1. The van der Waals surface area contributed by atoms with Crippen LogP contribution in [0.15, 0.2) is 23.1 Å². The van der Waals surface area contributed by atoms with Gasteiger partial charge in [0.05, 0.1) is 13.7 Å². The first kappa shape index (κ1) is 16.3. The maximum Gasteiger partial charge on any atom is 0.247 e. The van der Waals surface area contributed by atoms with Crippen molar-refractivity contribution < 1.29 is 18.3 Å². The van der Waals surface area contributed by atoms with Crippen molar-refractivity contribution in [2.75, 3.05) is 20.3 Å². The van der Waals surface area contributed by atoms with Crippen molar-refractivity contribution in [3.8, 4) is 5.75 Å². The molecule has 0 saturated heterocycles. The molecule has 0 bridgehead atoms. The quantitative estimate of drug-likeness (QED) is 0.871. The number of nitrogens with zero attached hydrogens (tertiary/aromatic N) is 1. The lowest BCUT2D eigenvalue weighted by molar-refractivity contribution is 0.226. The van der Waals surface area contributed by atoms with Crippen molar-refractivity contribution in [3.63, 3.8) is 0 Å². The fraction of sp³-hybridized carbons (Fsp3) is 0.600. The molecule has 21 heavy (non-hydrogen) atoms. The van der Waals surface area contributed by atoms with Gasteiger partial charge in [-0.15, -0.1) is 0 Å². The molecule has 0 aromatic heterocycles. The number of aryl methyl sites for hydroxylation is 1. The third kappa shape index (κ3) is 3.39. The van der Waals surface area contributed by atoms with E-state index in [4.69, 9.17) is 4.74 Å². The van der Waals surface area contributed by atoms with Crippen molar-refractivity contribution in [2.24, 2.45) is 0 Å². The molecular formula is C15H23NO4S. The summed E-state index contributed by atoms with van der Waals surface area (Å²) in [6, 6.07) is 5.11. The summed E-state index contributed by atoms with van der Waals surface area (Å²) in [5.74, 6) is 0.349. The van der Waals surface area contributed by atoms with Gasteiger partial charge in [0.1, 0.15) is 10.6 Å². The molecule has 1 aliphatic rings. The van der Waals surface area contributed by atoms with Gasteiger partial charge in [-0.05, 0) is 37.5 Å². The van der Waals surface area contributed by atoms with E-state index in [1.807, 2.05) is 13.0 Å². The second kappa shape index (κ2) is 6.77. The first-order chi connectivity index (χ1) is 10.0. The highest BCUT2D eigenvalue weighted by atomic mass is 32.2. The smallest absolute Gasteiger partial charge is 0.247 e. The summed E-state index contributed by atoms with van der Waals surface area (Å²) in [4.78, 5) is 0.186. The standard InChI is InChI=1S/C15H23NO4S/c1-12-7-8-14(20-2)15(11-12)21(18,19)16(9-10-17)13-5-3-4-6-13/h7-8,11,13,17H,3-6,9-10H2,1-2H3. The van der Waals surface area contributed by atoms with Gasteiger partial charge in [0, 0.05) is 12.6 Å². The van der Waals surface area contributed by atoms with Crippen LogP contribution in [-0.2, 0) is 10.0 Å². The highest BCUT2D eigenvalue weighted by molar-refractivity contribution is 7.89. The Kier molecular flexibility index (Phi) is 5.24. The minimum atomic E-state index is -3.66. The Hall–Kier alpha value is -1.11. The molecule has 0 unspecified atom stereocenters. The number of hydrogen-bond acceptors (Lipinski definition) is 4. The van der Waals surface area contributed by atoms with E-state index in [2.05, 4.69) is 0 Å². The SMILES string of the molecule is COc1ccc(C)cc1S(=O)(=O)N(CCO)C1CCCC1. The Bertz CT molecular complexity index is 579. The lowest BCUT2D eigenvalue weighted by atomic mass is 10.2. The van der Waals surface area contributed by atoms with E-state index in [0.717, 1.165) is 31.2 Å². The van der Waals surface area contributed by atoms with Crippen LogP contribution in [0.4, 0.5) is 0 Å². The Labute approximate surface area is 126 Å². The van der Waals surface area contributed by atoms with Gasteiger partial charge in [0.2, 0.25) is 10.0 Å². The second-order valence-electron chi connectivity index (χ2n) is 5.43. The van der Waals surface area contributed by atoms with Gasteiger partial charge in [0.15, 0.2) is 0 Å². The van der Waals surface area contributed by atoms with Crippen LogP contribution >= 0.6 is 0 Å². The minimum Gasteiger partial charge on any atom is -0.495 e. The Morgan fingerprint density at radius 3 is 2.57 bits per heavy atom. The number of methoxy groups -OCH3 is 1. The number of hydrogen-bond donors (Lipinski definition) is 1. The number of aliphatic hydroxyl groups is 1. The van der Waals surface area contributed by atoms with E-state index in [1.165, 1.54) is 11.4 Å². The average Bonchev–Trinajstić information content (AvgIpc) is 2.98. The van der Waals surface area contributed by atoms with Crippen LogP contribution in [0.1, 0.15) is 31.2 Å². The number of rotatable bonds is 6. The van der Waals surface area contributed by atoms with Gasteiger partial charge < -0.3 is 9.84 Å². The number of ether oxygens (including phenoxy) is 1. The molecule has 118 valence electrons. The van der Waals surface area contributed by atoms with Crippen LogP contribution < -0.4 is 4.74 Å². The predicted octanol–water partition coefficient (Wildman–Crippen LogP) is 1.93. The highest BCUT2D eigenvalue weighted by Crippen LogP contribution is 2.32. The zero-order valence-electron chi connectivity index (χ0n) is 12.6. The maximum atomic E-state index is 13.0. The Balaban J connectivity index is 2.44. The molecule has 1 saturated carbocycles. The topological polar surface area (TPSA) is 66.8 Å². The van der Waals surface area contributed by atoms with Crippen LogP contribution in [0.2, 0.25) is 0 Å². The highest BCUT2D eigenvalue weighted by Gasteiger charge is 2.34. The van der Waals surface area contributed by atoms with Crippen molar-refractivity contribution in [1.29, 1.82) is 0 Å². The molecule has 1 aromatic rings. The molecule has 6 heteroatoms. The summed E-state index contributed by atoms with van der Waals surface area (Å²) >= 11 is 0. The summed E-state index contributed by atoms with van der Waals surface area (Å²) in [5.41, 5.74) is 0.866. The molecule has 0 aliphatic heterocycles. The van der Waals surface area contributed by atoms with E-state index in [-0.39, 0.29) is 24.1 Å². The van der Waals surface area contributed by atoms with Gasteiger partial charge in [-0.25, -0.2) is 8.42 Å². The van der Waals surface area contributed by atoms with Crippen LogP contribution in [0.3, 0.4) is 0 Å². The van der Waals surface area contributed by atoms with Crippen molar-refractivity contribution in [3.05, 3.63) is 23.8 Å². The van der Waals surface area contributed by atoms with Crippen molar-refractivity contribution >= 4 is 10.0 Å². The van der Waals surface area contributed by atoms with Gasteiger partial charge in [-0.1, -0.05) is 18.9 Å². The van der Waals surface area contributed by atoms with E-state index in [9.17, 15) is 13.5 Å². The normalized spacial score (nSPS) is 16.6. The fourth-order valence-corrected chi connectivity index (χ4v) is 4.82. The van der Waals surface area contributed by atoms with Crippen molar-refractivity contribution in [2.45, 2.75) is 43.5 Å². The third-order valence-corrected chi connectivity index (χ3v) is 5.93. The van der Waals surface area contributed by atoms with Gasteiger partial charge >= 0.3 is 0 Å². The molecule has 1 N–H and O–H groups in total. The maximum absolute atomic E-state index is 13.0. The van der Waals surface area contributed by atoms with Crippen LogP contribution in [-0.4, -0.2) is 44.1 Å². The van der Waals surface area contributed by atoms with E-state index >= 15 is 0 Å². The minimum absolute atomic E-state index is 0.0210. The molecule has 0 spiro atoms. The summed E-state index contributed by atoms with van der Waals surface area (Å²) in [5, 5.41) is 9.25. The lowest BCUT2D eigenvalue weighted by Gasteiger charge is -2.28. The molecule has 0 heterocycles. The molecule has 0 amide bonds. The second-order valence-corrected chi connectivity index (χ2v) is 7.29. The molecule has 1 aromatic carbocycles. The summed E-state index contributed by atoms with van der Waals surface area (Å²) in [7, 11) is -2.20. The lowest BCUT2D eigenvalue weighted by Crippen LogP contribution is -2.40. The van der Waals surface area contributed by atoms with E-state index < -0.39 is 10.0 Å². The van der Waals surface area contributed by atoms with Crippen LogP contribution in [0.25, 0.3) is 0 Å². The van der Waals surface area contributed by atoms with Gasteiger partial charge in [-0.2, -0.15) is 4.31 Å². The number of sulfonamides is 1. The molecule has 0 radical (unpaired) electrons. The summed E-state index contributed by atoms with van der Waals surface area (Å²) in [6.45, 7) is 1.80. The van der Waals surface area contributed by atoms with E-state index in [0.29, 0.717) is 5.75 Å². The van der Waals surface area contributed by atoms with Crippen LogP contribution in [0, 0.1) is 6.92 Å². The first-order valence-electron chi connectivity index (χ1n) is 7.28. The monoisotopic (exact) mass is 313 g/mol. The van der Waals surface area contributed by atoms with Crippen molar-refractivity contribution in [1.82, 2.24) is 4.31 Å². The third-order valence-electron chi connectivity index (χ3n) is 3.96. The first-order valence-corrected chi connectivity index (χ1v) is 8.72. The Morgan fingerprint density at radius 2 is 2.00 bits per heavy atom. The largest absolute Gasteiger partial charge is 0.495 e. The average molecular weight is 313 g/mol. The molecule has 2 rings (SSSR count). The van der Waals surface area contributed by atoms with Crippen LogP contribution in [0.5, 0.6) is 5.75 Å². The predicted molar refractivity (Wildman–Crippen MR) is 81.0 cm³/mol. The Morgan fingerprint density at radius 1 is 1.33 bits per heavy atom. The molecule has 1 fully saturated rings. The molecule has 0 atom stereocenters. The number of benzene rings is 1. The molecule has 5 nitrogen and oxygen atoms in total. The van der Waals surface area contributed by atoms with Gasteiger partial charge in [-0.3, -0.25) is 0 Å². The van der Waals surface area contributed by atoms with E-state index in [1.54, 1.807) is 12.1 Å². The fourth-order valence-electron chi connectivity index (χ4n) is 2.90. The summed E-state index contributed by atoms with van der Waals surface area (Å²) in [6.07, 6.45) is 3.78. The zero-order valence-corrected chi connectivity index (χ0v) is 13.4. The summed E-state index contributed by atoms with van der Waals surface area (Å²) < 4.78 is 32.6. The molecular weight excluding hydrogens is 290 g/mol.